The average Bonchev–Trinajstić information content (AvgIpc) is 2.38. The van der Waals surface area contributed by atoms with E-state index in [1.807, 2.05) is 6.92 Å². The number of phenols is 1. The van der Waals surface area contributed by atoms with Gasteiger partial charge in [0.1, 0.15) is 5.75 Å². The molecule has 1 amide bonds. The minimum Gasteiger partial charge on any atom is -0.508 e. The van der Waals surface area contributed by atoms with E-state index in [-0.39, 0.29) is 30.4 Å². The third-order valence-corrected chi connectivity index (χ3v) is 3.41. The van der Waals surface area contributed by atoms with Crippen molar-refractivity contribution in [3.63, 3.8) is 0 Å². The maximum atomic E-state index is 12.5. The Morgan fingerprint density at radius 1 is 1.53 bits per heavy atom. The summed E-state index contributed by atoms with van der Waals surface area (Å²) in [6, 6.07) is 4.68. The highest BCUT2D eigenvalue weighted by atomic mass is 16.5. The number of aliphatic hydroxyl groups is 1. The Hall–Kier alpha value is -1.59. The fourth-order valence-corrected chi connectivity index (χ4v) is 2.25. The number of aryl methyl sites for hydroxylation is 1. The summed E-state index contributed by atoms with van der Waals surface area (Å²) in [6.45, 7) is 4.43. The van der Waals surface area contributed by atoms with Crippen LogP contribution >= 0.6 is 0 Å². The van der Waals surface area contributed by atoms with Crippen molar-refractivity contribution in [3.05, 3.63) is 29.3 Å². The first-order valence-electron chi connectivity index (χ1n) is 6.36. The zero-order valence-corrected chi connectivity index (χ0v) is 11.2. The number of carbonyl (C=O) groups excluding carboxylic acids is 1. The molecule has 104 valence electrons. The lowest BCUT2D eigenvalue weighted by molar-refractivity contribution is -0.0667. The Morgan fingerprint density at radius 2 is 2.26 bits per heavy atom. The van der Waals surface area contributed by atoms with Gasteiger partial charge in [-0.3, -0.25) is 4.79 Å². The van der Waals surface area contributed by atoms with Crippen molar-refractivity contribution in [1.29, 1.82) is 0 Å². The number of phenolic OH excluding ortho intramolecular Hbond substituents is 1. The van der Waals surface area contributed by atoms with Gasteiger partial charge in [-0.05, 0) is 37.6 Å². The standard InChI is InChI=1S/C14H19NO4/c1-9-5-11(17)3-4-13(9)14(18)15-6-12(7-16)19-8-10(15)2/h3-5,10,12,16-17H,6-8H2,1-2H3. The molecule has 5 heteroatoms. The number of benzene rings is 1. The maximum Gasteiger partial charge on any atom is 0.254 e. The second-order valence-corrected chi connectivity index (χ2v) is 4.94. The molecule has 0 bridgehead atoms. The Bertz CT molecular complexity index is 475. The van der Waals surface area contributed by atoms with E-state index in [4.69, 9.17) is 9.84 Å². The Morgan fingerprint density at radius 3 is 2.89 bits per heavy atom. The van der Waals surface area contributed by atoms with Crippen LogP contribution in [0.1, 0.15) is 22.8 Å². The lowest BCUT2D eigenvalue weighted by Crippen LogP contribution is -2.52. The fourth-order valence-electron chi connectivity index (χ4n) is 2.25. The van der Waals surface area contributed by atoms with Crippen LogP contribution in [0.4, 0.5) is 0 Å². The molecule has 2 atom stereocenters. The van der Waals surface area contributed by atoms with E-state index in [1.165, 1.54) is 6.07 Å². The second kappa shape index (κ2) is 5.59. The smallest absolute Gasteiger partial charge is 0.254 e. The van der Waals surface area contributed by atoms with Crippen LogP contribution in [-0.4, -0.2) is 52.9 Å². The van der Waals surface area contributed by atoms with Crippen LogP contribution in [0.25, 0.3) is 0 Å². The van der Waals surface area contributed by atoms with E-state index in [0.717, 1.165) is 5.56 Å². The molecule has 2 rings (SSSR count). The lowest BCUT2D eigenvalue weighted by atomic mass is 10.1. The van der Waals surface area contributed by atoms with Gasteiger partial charge in [0.05, 0.1) is 25.4 Å². The zero-order chi connectivity index (χ0) is 14.0. The molecule has 1 aliphatic heterocycles. The van der Waals surface area contributed by atoms with Gasteiger partial charge in [-0.25, -0.2) is 0 Å². The fraction of sp³-hybridized carbons (Fsp3) is 0.500. The average molecular weight is 265 g/mol. The SMILES string of the molecule is Cc1cc(O)ccc1C(=O)N1CC(CO)OCC1C. The van der Waals surface area contributed by atoms with Gasteiger partial charge in [-0.1, -0.05) is 0 Å². The molecule has 1 saturated heterocycles. The van der Waals surface area contributed by atoms with Crippen LogP contribution in [0.5, 0.6) is 5.75 Å². The number of carbonyl (C=O) groups is 1. The topological polar surface area (TPSA) is 70.0 Å². The van der Waals surface area contributed by atoms with E-state index < -0.39 is 0 Å². The van der Waals surface area contributed by atoms with Crippen LogP contribution in [0.15, 0.2) is 18.2 Å². The zero-order valence-electron chi connectivity index (χ0n) is 11.2. The Labute approximate surface area is 112 Å². The number of hydrogen-bond acceptors (Lipinski definition) is 4. The molecule has 19 heavy (non-hydrogen) atoms. The number of ether oxygens (including phenoxy) is 1. The molecule has 5 nitrogen and oxygen atoms in total. The Balaban J connectivity index is 2.22. The summed E-state index contributed by atoms with van der Waals surface area (Å²) in [5, 5.41) is 18.5. The van der Waals surface area contributed by atoms with Crippen molar-refractivity contribution >= 4 is 5.91 Å². The molecule has 1 fully saturated rings. The summed E-state index contributed by atoms with van der Waals surface area (Å²) in [7, 11) is 0. The summed E-state index contributed by atoms with van der Waals surface area (Å²) in [4.78, 5) is 14.2. The highest BCUT2D eigenvalue weighted by molar-refractivity contribution is 5.96. The van der Waals surface area contributed by atoms with Gasteiger partial charge >= 0.3 is 0 Å². The normalized spacial score (nSPS) is 23.4. The van der Waals surface area contributed by atoms with Gasteiger partial charge in [-0.15, -0.1) is 0 Å². The predicted octanol–water partition coefficient (Wildman–Crippen LogP) is 0.922. The Kier molecular flexibility index (Phi) is 4.07. The van der Waals surface area contributed by atoms with Crippen molar-refractivity contribution in [2.45, 2.75) is 26.0 Å². The highest BCUT2D eigenvalue weighted by Crippen LogP contribution is 2.20. The molecule has 1 aromatic carbocycles. The molecular formula is C14H19NO4. The van der Waals surface area contributed by atoms with Crippen LogP contribution in [0.2, 0.25) is 0 Å². The van der Waals surface area contributed by atoms with Gasteiger partial charge in [0.25, 0.3) is 5.91 Å². The number of aliphatic hydroxyl groups excluding tert-OH is 1. The van der Waals surface area contributed by atoms with Gasteiger partial charge in [-0.2, -0.15) is 0 Å². The third-order valence-electron chi connectivity index (χ3n) is 3.41. The molecule has 0 aromatic heterocycles. The van der Waals surface area contributed by atoms with E-state index in [0.29, 0.717) is 18.7 Å². The second-order valence-electron chi connectivity index (χ2n) is 4.94. The first kappa shape index (κ1) is 13.8. The van der Waals surface area contributed by atoms with Gasteiger partial charge in [0.15, 0.2) is 0 Å². The van der Waals surface area contributed by atoms with Gasteiger partial charge < -0.3 is 19.8 Å². The van der Waals surface area contributed by atoms with Crippen LogP contribution in [0.3, 0.4) is 0 Å². The number of aromatic hydroxyl groups is 1. The number of nitrogens with zero attached hydrogens (tertiary/aromatic N) is 1. The lowest BCUT2D eigenvalue weighted by Gasteiger charge is -2.37. The molecule has 1 aromatic rings. The monoisotopic (exact) mass is 265 g/mol. The quantitative estimate of drug-likeness (QED) is 0.834. The molecule has 0 radical (unpaired) electrons. The van der Waals surface area contributed by atoms with E-state index >= 15 is 0 Å². The highest BCUT2D eigenvalue weighted by Gasteiger charge is 2.30. The van der Waals surface area contributed by atoms with E-state index in [9.17, 15) is 9.90 Å². The van der Waals surface area contributed by atoms with Crippen LogP contribution in [0, 0.1) is 6.92 Å². The minimum absolute atomic E-state index is 0.0245. The van der Waals surface area contributed by atoms with E-state index in [1.54, 1.807) is 24.0 Å². The van der Waals surface area contributed by atoms with Crippen molar-refractivity contribution in [1.82, 2.24) is 4.90 Å². The maximum absolute atomic E-state index is 12.5. The molecule has 0 spiro atoms. The molecule has 2 N–H and O–H groups in total. The van der Waals surface area contributed by atoms with Crippen molar-refractivity contribution in [2.24, 2.45) is 0 Å². The molecule has 1 heterocycles. The number of morpholine rings is 1. The molecule has 0 saturated carbocycles. The van der Waals surface area contributed by atoms with Gasteiger partial charge in [0, 0.05) is 12.1 Å². The van der Waals surface area contributed by atoms with Crippen molar-refractivity contribution in [3.8, 4) is 5.75 Å². The first-order chi connectivity index (χ1) is 9.02. The summed E-state index contributed by atoms with van der Waals surface area (Å²) in [5.41, 5.74) is 1.31. The largest absolute Gasteiger partial charge is 0.508 e. The number of rotatable bonds is 2. The minimum atomic E-state index is -0.322. The van der Waals surface area contributed by atoms with Crippen molar-refractivity contribution in [2.75, 3.05) is 19.8 Å². The molecule has 1 aliphatic rings. The number of hydrogen-bond donors (Lipinski definition) is 2. The van der Waals surface area contributed by atoms with Gasteiger partial charge in [0.2, 0.25) is 0 Å². The molecular weight excluding hydrogens is 246 g/mol. The van der Waals surface area contributed by atoms with Crippen molar-refractivity contribution < 1.29 is 19.7 Å². The summed E-state index contributed by atoms with van der Waals surface area (Å²) >= 11 is 0. The third kappa shape index (κ3) is 2.88. The number of amides is 1. The first-order valence-corrected chi connectivity index (χ1v) is 6.36. The van der Waals surface area contributed by atoms with E-state index in [2.05, 4.69) is 0 Å². The molecule has 2 unspecified atom stereocenters. The summed E-state index contributed by atoms with van der Waals surface area (Å²) < 4.78 is 5.42. The van der Waals surface area contributed by atoms with Crippen LogP contribution in [-0.2, 0) is 4.74 Å². The summed E-state index contributed by atoms with van der Waals surface area (Å²) in [5.74, 6) is 0.0593. The molecule has 0 aliphatic carbocycles. The summed E-state index contributed by atoms with van der Waals surface area (Å²) in [6.07, 6.45) is -0.322. The predicted molar refractivity (Wildman–Crippen MR) is 70.2 cm³/mol. The van der Waals surface area contributed by atoms with Crippen LogP contribution < -0.4 is 0 Å².